The number of nitrogens with zero attached hydrogens (tertiary/aromatic N) is 3. The minimum Gasteiger partial charge on any atom is -0.480 e. The number of hydrogen-bond acceptors (Lipinski definition) is 5. The molecule has 0 saturated heterocycles. The largest absolute Gasteiger partial charge is 0.480 e. The van der Waals surface area contributed by atoms with Gasteiger partial charge in [-0.15, -0.1) is 0 Å². The Morgan fingerprint density at radius 1 is 1.47 bits per heavy atom. The molecule has 2 aromatic heterocycles. The van der Waals surface area contributed by atoms with Gasteiger partial charge in [-0.3, -0.25) is 5.10 Å². The number of aromatic amines is 1. The van der Waals surface area contributed by atoms with E-state index in [1.165, 1.54) is 6.33 Å². The van der Waals surface area contributed by atoms with Crippen LogP contribution < -0.4 is 5.32 Å². The summed E-state index contributed by atoms with van der Waals surface area (Å²) in [6.45, 7) is 3.67. The summed E-state index contributed by atoms with van der Waals surface area (Å²) in [5.74, 6) is -0.482. The van der Waals surface area contributed by atoms with Crippen molar-refractivity contribution in [2.75, 3.05) is 5.32 Å². The maximum absolute atomic E-state index is 11.1. The van der Waals surface area contributed by atoms with Crippen LogP contribution in [0.4, 0.5) is 5.82 Å². The fourth-order valence-electron chi connectivity index (χ4n) is 1.54. The summed E-state index contributed by atoms with van der Waals surface area (Å²) in [6, 6.07) is -0.692. The van der Waals surface area contributed by atoms with Crippen LogP contribution in [0.15, 0.2) is 12.5 Å². The van der Waals surface area contributed by atoms with Crippen molar-refractivity contribution in [1.29, 1.82) is 0 Å². The van der Waals surface area contributed by atoms with Crippen molar-refractivity contribution in [2.24, 2.45) is 5.92 Å². The van der Waals surface area contributed by atoms with Gasteiger partial charge in [-0.2, -0.15) is 5.10 Å². The average Bonchev–Trinajstić information content (AvgIpc) is 2.73. The number of anilines is 1. The molecule has 0 amide bonds. The Balaban J connectivity index is 2.34. The first kappa shape index (κ1) is 11.3. The zero-order valence-electron chi connectivity index (χ0n) is 9.51. The number of nitrogens with one attached hydrogen (secondary N) is 2. The molecule has 2 heterocycles. The van der Waals surface area contributed by atoms with Gasteiger partial charge in [0.2, 0.25) is 0 Å². The minimum atomic E-state index is -0.907. The van der Waals surface area contributed by atoms with Gasteiger partial charge >= 0.3 is 5.97 Å². The monoisotopic (exact) mass is 235 g/mol. The predicted octanol–water partition coefficient (Wildman–Crippen LogP) is 0.874. The molecule has 0 aliphatic heterocycles. The van der Waals surface area contributed by atoms with E-state index in [0.29, 0.717) is 16.9 Å². The van der Waals surface area contributed by atoms with Crippen molar-refractivity contribution in [3.05, 3.63) is 12.5 Å². The number of rotatable bonds is 4. The Morgan fingerprint density at radius 3 is 2.88 bits per heavy atom. The van der Waals surface area contributed by atoms with Gasteiger partial charge in [0, 0.05) is 0 Å². The van der Waals surface area contributed by atoms with Gasteiger partial charge in [0.05, 0.1) is 11.6 Å². The lowest BCUT2D eigenvalue weighted by atomic mass is 10.0. The van der Waals surface area contributed by atoms with E-state index in [1.54, 1.807) is 6.20 Å². The highest BCUT2D eigenvalue weighted by Crippen LogP contribution is 2.18. The van der Waals surface area contributed by atoms with Crippen molar-refractivity contribution in [3.8, 4) is 0 Å². The van der Waals surface area contributed by atoms with Crippen LogP contribution in [0.3, 0.4) is 0 Å². The topological polar surface area (TPSA) is 104 Å². The second kappa shape index (κ2) is 4.36. The quantitative estimate of drug-likeness (QED) is 0.726. The maximum Gasteiger partial charge on any atom is 0.326 e. The van der Waals surface area contributed by atoms with E-state index in [-0.39, 0.29) is 5.92 Å². The molecular weight excluding hydrogens is 222 g/mol. The predicted molar refractivity (Wildman–Crippen MR) is 61.6 cm³/mol. The Morgan fingerprint density at radius 2 is 2.24 bits per heavy atom. The third-order valence-electron chi connectivity index (χ3n) is 2.47. The van der Waals surface area contributed by atoms with Crippen molar-refractivity contribution < 1.29 is 9.90 Å². The number of carboxylic acids is 1. The van der Waals surface area contributed by atoms with Crippen LogP contribution in [0.2, 0.25) is 0 Å². The first-order valence-electron chi connectivity index (χ1n) is 5.23. The normalized spacial score (nSPS) is 12.9. The van der Waals surface area contributed by atoms with Gasteiger partial charge in [-0.1, -0.05) is 13.8 Å². The maximum atomic E-state index is 11.1. The molecule has 2 aromatic rings. The van der Waals surface area contributed by atoms with Gasteiger partial charge < -0.3 is 10.4 Å². The molecule has 7 heteroatoms. The molecule has 0 spiro atoms. The van der Waals surface area contributed by atoms with Crippen LogP contribution in [-0.4, -0.2) is 37.3 Å². The molecule has 0 unspecified atom stereocenters. The van der Waals surface area contributed by atoms with Gasteiger partial charge in [0.15, 0.2) is 5.65 Å². The summed E-state index contributed by atoms with van der Waals surface area (Å²) in [7, 11) is 0. The fourth-order valence-corrected chi connectivity index (χ4v) is 1.54. The molecule has 0 aliphatic carbocycles. The molecule has 1 atom stereocenters. The smallest absolute Gasteiger partial charge is 0.326 e. The first-order chi connectivity index (χ1) is 8.09. The van der Waals surface area contributed by atoms with Crippen molar-refractivity contribution in [2.45, 2.75) is 19.9 Å². The molecule has 0 fully saturated rings. The Labute approximate surface area is 97.3 Å². The highest BCUT2D eigenvalue weighted by atomic mass is 16.4. The number of aliphatic carboxylic acids is 1. The summed E-state index contributed by atoms with van der Waals surface area (Å²) in [4.78, 5) is 19.1. The third-order valence-corrected chi connectivity index (χ3v) is 2.47. The van der Waals surface area contributed by atoms with E-state index in [0.717, 1.165) is 0 Å². The van der Waals surface area contributed by atoms with Crippen LogP contribution in [-0.2, 0) is 4.79 Å². The highest BCUT2D eigenvalue weighted by molar-refractivity contribution is 5.88. The number of fused-ring (bicyclic) bond motifs is 1. The Bertz CT molecular complexity index is 536. The summed E-state index contributed by atoms with van der Waals surface area (Å²) in [5, 5.41) is 19.2. The van der Waals surface area contributed by atoms with Crippen molar-refractivity contribution in [3.63, 3.8) is 0 Å². The van der Waals surface area contributed by atoms with E-state index in [4.69, 9.17) is 5.11 Å². The zero-order chi connectivity index (χ0) is 12.4. The average molecular weight is 235 g/mol. The molecule has 0 radical (unpaired) electrons. The van der Waals surface area contributed by atoms with Gasteiger partial charge in [-0.05, 0) is 5.92 Å². The van der Waals surface area contributed by atoms with Gasteiger partial charge in [0.25, 0.3) is 0 Å². The Kier molecular flexibility index (Phi) is 2.90. The fraction of sp³-hybridized carbons (Fsp3) is 0.400. The lowest BCUT2D eigenvalue weighted by molar-refractivity contribution is -0.138. The molecule has 2 rings (SSSR count). The summed E-state index contributed by atoms with van der Waals surface area (Å²) < 4.78 is 0. The minimum absolute atomic E-state index is 0.0515. The third kappa shape index (κ3) is 2.17. The van der Waals surface area contributed by atoms with E-state index in [2.05, 4.69) is 25.5 Å². The van der Waals surface area contributed by atoms with Crippen molar-refractivity contribution >= 4 is 22.8 Å². The summed E-state index contributed by atoms with van der Waals surface area (Å²) in [5.41, 5.74) is 0.579. The molecule has 0 saturated carbocycles. The van der Waals surface area contributed by atoms with E-state index in [9.17, 15) is 4.79 Å². The summed E-state index contributed by atoms with van der Waals surface area (Å²) in [6.07, 6.45) is 2.93. The highest BCUT2D eigenvalue weighted by Gasteiger charge is 2.22. The van der Waals surface area contributed by atoms with E-state index in [1.807, 2.05) is 13.8 Å². The van der Waals surface area contributed by atoms with Crippen molar-refractivity contribution in [1.82, 2.24) is 20.2 Å². The van der Waals surface area contributed by atoms with E-state index >= 15 is 0 Å². The van der Waals surface area contributed by atoms with E-state index < -0.39 is 12.0 Å². The second-order valence-corrected chi connectivity index (χ2v) is 4.06. The lowest BCUT2D eigenvalue weighted by Gasteiger charge is -2.18. The first-order valence-corrected chi connectivity index (χ1v) is 5.23. The SMILES string of the molecule is CC(C)[C@@H](Nc1ncnc2[nH]ncc12)C(=O)O. The zero-order valence-corrected chi connectivity index (χ0v) is 9.51. The molecule has 0 aliphatic rings. The Hall–Kier alpha value is -2.18. The number of carboxylic acid groups (broad SMARTS) is 1. The van der Waals surface area contributed by atoms with Crippen LogP contribution in [0.5, 0.6) is 0 Å². The number of aromatic nitrogens is 4. The molecule has 0 aromatic carbocycles. The number of carbonyl (C=O) groups is 1. The van der Waals surface area contributed by atoms with Crippen LogP contribution in [0.1, 0.15) is 13.8 Å². The number of H-pyrrole nitrogens is 1. The standard InChI is InChI=1S/C10H13N5O2/c1-5(2)7(10(16)17)14-8-6-3-13-15-9(6)12-4-11-8/h3-5,7H,1-2H3,(H,16,17)(H2,11,12,13,14,15)/t7-/m1/s1. The molecule has 17 heavy (non-hydrogen) atoms. The second-order valence-electron chi connectivity index (χ2n) is 4.06. The van der Waals surface area contributed by atoms with Crippen LogP contribution in [0.25, 0.3) is 11.0 Å². The lowest BCUT2D eigenvalue weighted by Crippen LogP contribution is -2.34. The molecule has 3 N–H and O–H groups in total. The molecule has 7 nitrogen and oxygen atoms in total. The van der Waals surface area contributed by atoms with Gasteiger partial charge in [0.1, 0.15) is 18.2 Å². The van der Waals surface area contributed by atoms with Gasteiger partial charge in [-0.25, -0.2) is 14.8 Å². The molecule has 90 valence electrons. The number of hydrogen-bond donors (Lipinski definition) is 3. The molecule has 0 bridgehead atoms. The summed E-state index contributed by atoms with van der Waals surface area (Å²) >= 11 is 0. The van der Waals surface area contributed by atoms with Crippen LogP contribution in [0, 0.1) is 5.92 Å². The molecular formula is C10H13N5O2. The van der Waals surface area contributed by atoms with Crippen LogP contribution >= 0.6 is 0 Å².